The van der Waals surface area contributed by atoms with Crippen LogP contribution in [0.4, 0.5) is 11.4 Å². The third kappa shape index (κ3) is 3.21. The van der Waals surface area contributed by atoms with Crippen LogP contribution in [0.1, 0.15) is 27.9 Å². The lowest BCUT2D eigenvalue weighted by molar-refractivity contribution is -0.112. The molecule has 4 heteroatoms. The van der Waals surface area contributed by atoms with Crippen LogP contribution in [0.5, 0.6) is 0 Å². The van der Waals surface area contributed by atoms with Crippen molar-refractivity contribution in [2.45, 2.75) is 12.8 Å². The minimum atomic E-state index is -0.930. The number of amides is 1. The molecule has 0 bridgehead atoms. The Kier molecular flexibility index (Phi) is 4.77. The quantitative estimate of drug-likeness (QED) is 0.638. The Bertz CT molecular complexity index is 1070. The highest BCUT2D eigenvalue weighted by molar-refractivity contribution is 6.34. The summed E-state index contributed by atoms with van der Waals surface area (Å²) >= 11 is 0. The molecule has 0 saturated heterocycles. The van der Waals surface area contributed by atoms with Crippen LogP contribution in [-0.4, -0.2) is 17.0 Å². The van der Waals surface area contributed by atoms with Crippen LogP contribution in [-0.2, 0) is 11.2 Å². The van der Waals surface area contributed by atoms with E-state index in [1.807, 2.05) is 72.8 Å². The summed E-state index contributed by atoms with van der Waals surface area (Å²) in [6.07, 6.45) is 3.07. The van der Waals surface area contributed by atoms with Gasteiger partial charge in [0.25, 0.3) is 5.91 Å². The zero-order valence-electron chi connectivity index (χ0n) is 15.2. The first kappa shape index (κ1) is 17.7. The number of rotatable bonds is 5. The van der Waals surface area contributed by atoms with Gasteiger partial charge in [-0.1, -0.05) is 60.7 Å². The van der Waals surface area contributed by atoms with Gasteiger partial charge in [0.15, 0.2) is 0 Å². The third-order valence-electron chi connectivity index (χ3n) is 4.89. The van der Waals surface area contributed by atoms with Gasteiger partial charge in [-0.2, -0.15) is 0 Å². The Morgan fingerprint density at radius 3 is 2.36 bits per heavy atom. The SMILES string of the molecule is O=C(O)c1ccccc1CC/C=C1/C(=O)N(c2ccccc2)c2ccccc21. The molecule has 138 valence electrons. The Morgan fingerprint density at radius 2 is 1.57 bits per heavy atom. The van der Waals surface area contributed by atoms with Gasteiger partial charge in [0.05, 0.1) is 11.3 Å². The summed E-state index contributed by atoms with van der Waals surface area (Å²) in [6.45, 7) is 0. The maximum absolute atomic E-state index is 13.1. The number of hydrogen-bond acceptors (Lipinski definition) is 2. The zero-order chi connectivity index (χ0) is 19.5. The van der Waals surface area contributed by atoms with Crippen LogP contribution >= 0.6 is 0 Å². The molecule has 1 aliphatic rings. The average Bonchev–Trinajstić information content (AvgIpc) is 3.00. The Morgan fingerprint density at radius 1 is 0.893 bits per heavy atom. The van der Waals surface area contributed by atoms with Gasteiger partial charge in [0.1, 0.15) is 0 Å². The fraction of sp³-hybridized carbons (Fsp3) is 0.0833. The van der Waals surface area contributed by atoms with Crippen molar-refractivity contribution in [3.63, 3.8) is 0 Å². The molecule has 0 aromatic heterocycles. The number of carboxylic acid groups (broad SMARTS) is 1. The average molecular weight is 369 g/mol. The molecule has 3 aromatic carbocycles. The molecule has 0 fully saturated rings. The smallest absolute Gasteiger partial charge is 0.335 e. The Balaban J connectivity index is 1.64. The Labute approximate surface area is 163 Å². The molecule has 1 heterocycles. The van der Waals surface area contributed by atoms with Crippen molar-refractivity contribution < 1.29 is 14.7 Å². The monoisotopic (exact) mass is 369 g/mol. The molecular weight excluding hydrogens is 350 g/mol. The summed E-state index contributed by atoms with van der Waals surface area (Å²) in [5.41, 5.74) is 4.35. The number of aryl methyl sites for hydroxylation is 1. The van der Waals surface area contributed by atoms with E-state index in [9.17, 15) is 14.7 Å². The molecule has 1 N–H and O–H groups in total. The fourth-order valence-electron chi connectivity index (χ4n) is 3.59. The molecule has 1 amide bonds. The van der Waals surface area contributed by atoms with Crippen molar-refractivity contribution in [3.8, 4) is 0 Å². The maximum Gasteiger partial charge on any atom is 0.335 e. The van der Waals surface area contributed by atoms with Gasteiger partial charge >= 0.3 is 5.97 Å². The number of carbonyl (C=O) groups excluding carboxylic acids is 1. The molecule has 0 radical (unpaired) electrons. The lowest BCUT2D eigenvalue weighted by atomic mass is 10.0. The van der Waals surface area contributed by atoms with E-state index in [0.29, 0.717) is 24.0 Å². The van der Waals surface area contributed by atoms with Crippen LogP contribution in [0.25, 0.3) is 5.57 Å². The van der Waals surface area contributed by atoms with Crippen molar-refractivity contribution in [3.05, 3.63) is 102 Å². The van der Waals surface area contributed by atoms with Crippen LogP contribution < -0.4 is 4.90 Å². The first-order valence-electron chi connectivity index (χ1n) is 9.17. The number of para-hydroxylation sites is 2. The molecule has 28 heavy (non-hydrogen) atoms. The molecule has 4 rings (SSSR count). The number of carbonyl (C=O) groups is 2. The van der Waals surface area contributed by atoms with Gasteiger partial charge in [-0.25, -0.2) is 4.79 Å². The lowest BCUT2D eigenvalue weighted by Crippen LogP contribution is -2.20. The number of anilines is 2. The van der Waals surface area contributed by atoms with E-state index in [0.717, 1.165) is 22.5 Å². The van der Waals surface area contributed by atoms with Crippen LogP contribution in [0.15, 0.2) is 84.9 Å². The zero-order valence-corrected chi connectivity index (χ0v) is 15.2. The van der Waals surface area contributed by atoms with E-state index >= 15 is 0 Å². The van der Waals surface area contributed by atoms with Gasteiger partial charge in [0.2, 0.25) is 0 Å². The van der Waals surface area contributed by atoms with Crippen molar-refractivity contribution in [1.82, 2.24) is 0 Å². The first-order valence-corrected chi connectivity index (χ1v) is 9.17. The molecule has 0 spiro atoms. The first-order chi connectivity index (χ1) is 13.7. The van der Waals surface area contributed by atoms with Crippen LogP contribution in [0.2, 0.25) is 0 Å². The molecule has 0 unspecified atom stereocenters. The second-order valence-corrected chi connectivity index (χ2v) is 6.61. The Hall–Kier alpha value is -3.66. The van der Waals surface area contributed by atoms with Gasteiger partial charge in [-0.15, -0.1) is 0 Å². The molecule has 0 aliphatic carbocycles. The van der Waals surface area contributed by atoms with Crippen molar-refractivity contribution >= 4 is 28.8 Å². The molecular formula is C24H19NO3. The second-order valence-electron chi connectivity index (χ2n) is 6.61. The van der Waals surface area contributed by atoms with Gasteiger partial charge in [-0.3, -0.25) is 9.69 Å². The predicted octanol–water partition coefficient (Wildman–Crippen LogP) is 5.08. The molecule has 0 atom stereocenters. The highest BCUT2D eigenvalue weighted by Gasteiger charge is 2.32. The molecule has 3 aromatic rings. The number of hydrogen-bond donors (Lipinski definition) is 1. The maximum atomic E-state index is 13.1. The standard InChI is InChI=1S/C24H19NO3/c26-23-21(15-8-10-17-9-4-5-13-19(17)24(27)28)20-14-6-7-16-22(20)25(23)18-11-2-1-3-12-18/h1-7,9,11-16H,8,10H2,(H,27,28)/b21-15+. The summed E-state index contributed by atoms with van der Waals surface area (Å²) in [5, 5.41) is 9.33. The van der Waals surface area contributed by atoms with Crippen LogP contribution in [0.3, 0.4) is 0 Å². The van der Waals surface area contributed by atoms with Gasteiger partial charge < -0.3 is 5.11 Å². The van der Waals surface area contributed by atoms with E-state index in [1.165, 1.54) is 0 Å². The van der Waals surface area contributed by atoms with Gasteiger partial charge in [0, 0.05) is 16.8 Å². The number of carboxylic acids is 1. The van der Waals surface area contributed by atoms with Crippen molar-refractivity contribution in [1.29, 1.82) is 0 Å². The normalized spacial score (nSPS) is 14.4. The van der Waals surface area contributed by atoms with E-state index in [-0.39, 0.29) is 5.91 Å². The summed E-state index contributed by atoms with van der Waals surface area (Å²) < 4.78 is 0. The lowest BCUT2D eigenvalue weighted by Gasteiger charge is -2.16. The van der Waals surface area contributed by atoms with E-state index in [2.05, 4.69) is 0 Å². The number of fused-ring (bicyclic) bond motifs is 1. The highest BCUT2D eigenvalue weighted by Crippen LogP contribution is 2.41. The van der Waals surface area contributed by atoms with Crippen molar-refractivity contribution in [2.75, 3.05) is 4.90 Å². The van der Waals surface area contributed by atoms with E-state index in [4.69, 9.17) is 0 Å². The molecule has 4 nitrogen and oxygen atoms in total. The summed E-state index contributed by atoms with van der Waals surface area (Å²) in [6, 6.07) is 24.3. The van der Waals surface area contributed by atoms with E-state index < -0.39 is 5.97 Å². The minimum Gasteiger partial charge on any atom is -0.478 e. The summed E-state index contributed by atoms with van der Waals surface area (Å²) in [7, 11) is 0. The second kappa shape index (κ2) is 7.53. The summed E-state index contributed by atoms with van der Waals surface area (Å²) in [4.78, 5) is 26.3. The topological polar surface area (TPSA) is 57.6 Å². The fourth-order valence-corrected chi connectivity index (χ4v) is 3.59. The predicted molar refractivity (Wildman–Crippen MR) is 110 cm³/mol. The number of allylic oxidation sites excluding steroid dienone is 1. The summed E-state index contributed by atoms with van der Waals surface area (Å²) in [5.74, 6) is -0.986. The molecule has 0 saturated carbocycles. The number of benzene rings is 3. The minimum absolute atomic E-state index is 0.0566. The molecule has 1 aliphatic heterocycles. The van der Waals surface area contributed by atoms with Crippen molar-refractivity contribution in [2.24, 2.45) is 0 Å². The largest absolute Gasteiger partial charge is 0.478 e. The number of nitrogens with zero attached hydrogens (tertiary/aromatic N) is 1. The van der Waals surface area contributed by atoms with Gasteiger partial charge in [-0.05, 0) is 42.7 Å². The number of aromatic carboxylic acids is 1. The van der Waals surface area contributed by atoms with Crippen LogP contribution in [0, 0.1) is 0 Å². The van der Waals surface area contributed by atoms with E-state index in [1.54, 1.807) is 17.0 Å². The highest BCUT2D eigenvalue weighted by atomic mass is 16.4. The third-order valence-corrected chi connectivity index (χ3v) is 4.89.